The first kappa shape index (κ1) is 12.9. The van der Waals surface area contributed by atoms with Crippen LogP contribution < -0.4 is 4.74 Å². The Labute approximate surface area is 99.2 Å². The molecule has 0 amide bonds. The minimum Gasteiger partial charge on any atom is -0.488 e. The molecular weight excluding hydrogens is 286 g/mol. The quantitative estimate of drug-likeness (QED) is 0.849. The predicted molar refractivity (Wildman–Crippen MR) is 56.4 cm³/mol. The van der Waals surface area contributed by atoms with E-state index in [4.69, 9.17) is 9.84 Å². The molecule has 3 nitrogen and oxygen atoms in total. The average molecular weight is 295 g/mol. The SMILES string of the molecule is O=C(O)CCCOc1c(F)cc(Br)cc1F. The molecule has 0 unspecified atom stereocenters. The molecule has 0 aliphatic rings. The van der Waals surface area contributed by atoms with Crippen molar-refractivity contribution in [2.45, 2.75) is 12.8 Å². The van der Waals surface area contributed by atoms with E-state index in [0.717, 1.165) is 12.1 Å². The van der Waals surface area contributed by atoms with Crippen molar-refractivity contribution >= 4 is 21.9 Å². The Balaban J connectivity index is 2.57. The van der Waals surface area contributed by atoms with Crippen LogP contribution in [-0.4, -0.2) is 17.7 Å². The Kier molecular flexibility index (Phi) is 4.67. The van der Waals surface area contributed by atoms with E-state index in [0.29, 0.717) is 0 Å². The lowest BCUT2D eigenvalue weighted by Crippen LogP contribution is -2.04. The van der Waals surface area contributed by atoms with Crippen molar-refractivity contribution in [2.24, 2.45) is 0 Å². The van der Waals surface area contributed by atoms with Gasteiger partial charge in [0.05, 0.1) is 6.61 Å². The zero-order chi connectivity index (χ0) is 12.1. The molecule has 0 radical (unpaired) electrons. The summed E-state index contributed by atoms with van der Waals surface area (Å²) in [4.78, 5) is 10.2. The highest BCUT2D eigenvalue weighted by atomic mass is 79.9. The van der Waals surface area contributed by atoms with Crippen LogP contribution in [0.15, 0.2) is 16.6 Å². The second-order valence-corrected chi connectivity index (χ2v) is 3.96. The summed E-state index contributed by atoms with van der Waals surface area (Å²) in [6.45, 7) is -0.0399. The third kappa shape index (κ3) is 3.77. The third-order valence-corrected chi connectivity index (χ3v) is 2.20. The van der Waals surface area contributed by atoms with Crippen LogP contribution in [0, 0.1) is 11.6 Å². The van der Waals surface area contributed by atoms with E-state index in [2.05, 4.69) is 15.9 Å². The highest BCUT2D eigenvalue weighted by Crippen LogP contribution is 2.25. The number of carboxylic acid groups (broad SMARTS) is 1. The number of rotatable bonds is 5. The lowest BCUT2D eigenvalue weighted by atomic mass is 10.3. The van der Waals surface area contributed by atoms with Gasteiger partial charge in [-0.1, -0.05) is 15.9 Å². The molecule has 0 heterocycles. The molecule has 0 spiro atoms. The van der Waals surface area contributed by atoms with Crippen LogP contribution >= 0.6 is 15.9 Å². The minimum absolute atomic E-state index is 0.0399. The van der Waals surface area contributed by atoms with E-state index in [1.807, 2.05) is 0 Å². The van der Waals surface area contributed by atoms with Crippen molar-refractivity contribution in [3.63, 3.8) is 0 Å². The molecule has 0 fully saturated rings. The van der Waals surface area contributed by atoms with Gasteiger partial charge in [-0.15, -0.1) is 0 Å². The van der Waals surface area contributed by atoms with E-state index < -0.39 is 23.4 Å². The first-order valence-electron chi connectivity index (χ1n) is 4.50. The van der Waals surface area contributed by atoms with Crippen LogP contribution in [0.1, 0.15) is 12.8 Å². The van der Waals surface area contributed by atoms with Crippen molar-refractivity contribution < 1.29 is 23.4 Å². The zero-order valence-corrected chi connectivity index (χ0v) is 9.76. The fraction of sp³-hybridized carbons (Fsp3) is 0.300. The summed E-state index contributed by atoms with van der Waals surface area (Å²) in [6.07, 6.45) is 0.101. The number of benzene rings is 1. The summed E-state index contributed by atoms with van der Waals surface area (Å²) < 4.78 is 31.5. The van der Waals surface area contributed by atoms with E-state index in [1.165, 1.54) is 0 Å². The van der Waals surface area contributed by atoms with Gasteiger partial charge in [0.1, 0.15) is 0 Å². The number of halogens is 3. The van der Waals surface area contributed by atoms with Crippen LogP contribution in [0.3, 0.4) is 0 Å². The van der Waals surface area contributed by atoms with Crippen molar-refractivity contribution in [3.8, 4) is 5.75 Å². The van der Waals surface area contributed by atoms with Gasteiger partial charge in [-0.2, -0.15) is 0 Å². The summed E-state index contributed by atoms with van der Waals surface area (Å²) in [6, 6.07) is 2.16. The van der Waals surface area contributed by atoms with E-state index >= 15 is 0 Å². The molecule has 0 saturated heterocycles. The standard InChI is InChI=1S/C10H9BrF2O3/c11-6-4-7(12)10(8(13)5-6)16-3-1-2-9(14)15/h4-5H,1-3H2,(H,14,15). The molecule has 0 aliphatic heterocycles. The summed E-state index contributed by atoms with van der Waals surface area (Å²) >= 11 is 2.93. The average Bonchev–Trinajstić information content (AvgIpc) is 2.14. The predicted octanol–water partition coefficient (Wildman–Crippen LogP) is 2.97. The second-order valence-electron chi connectivity index (χ2n) is 3.04. The summed E-state index contributed by atoms with van der Waals surface area (Å²) in [5, 5.41) is 8.35. The van der Waals surface area contributed by atoms with Gasteiger partial charge in [-0.05, 0) is 18.6 Å². The lowest BCUT2D eigenvalue weighted by Gasteiger charge is -2.07. The Morgan fingerprint density at radius 3 is 2.44 bits per heavy atom. The molecule has 0 aromatic heterocycles. The molecule has 0 aliphatic carbocycles. The molecule has 1 N–H and O–H groups in total. The number of hydrogen-bond donors (Lipinski definition) is 1. The van der Waals surface area contributed by atoms with Crippen LogP contribution in [0.2, 0.25) is 0 Å². The van der Waals surface area contributed by atoms with Crippen molar-refractivity contribution in [1.29, 1.82) is 0 Å². The fourth-order valence-corrected chi connectivity index (χ4v) is 1.47. The number of aliphatic carboxylic acids is 1. The van der Waals surface area contributed by atoms with Crippen LogP contribution in [-0.2, 0) is 4.79 Å². The maximum absolute atomic E-state index is 13.2. The molecule has 0 saturated carbocycles. The molecule has 0 atom stereocenters. The summed E-state index contributed by atoms with van der Waals surface area (Å²) in [7, 11) is 0. The molecule has 6 heteroatoms. The molecule has 88 valence electrons. The molecule has 1 aromatic rings. The molecule has 1 aromatic carbocycles. The van der Waals surface area contributed by atoms with Crippen molar-refractivity contribution in [2.75, 3.05) is 6.61 Å². The largest absolute Gasteiger partial charge is 0.488 e. The molecule has 16 heavy (non-hydrogen) atoms. The van der Waals surface area contributed by atoms with Gasteiger partial charge in [-0.25, -0.2) is 8.78 Å². The highest BCUT2D eigenvalue weighted by Gasteiger charge is 2.11. The van der Waals surface area contributed by atoms with E-state index in [-0.39, 0.29) is 23.9 Å². The van der Waals surface area contributed by atoms with Gasteiger partial charge >= 0.3 is 5.97 Å². The minimum atomic E-state index is -0.972. The van der Waals surface area contributed by atoms with Gasteiger partial charge in [0.15, 0.2) is 17.4 Å². The maximum Gasteiger partial charge on any atom is 0.303 e. The Hall–Kier alpha value is -1.17. The monoisotopic (exact) mass is 294 g/mol. The van der Waals surface area contributed by atoms with E-state index in [9.17, 15) is 13.6 Å². The normalized spacial score (nSPS) is 10.2. The van der Waals surface area contributed by atoms with E-state index in [1.54, 1.807) is 0 Å². The van der Waals surface area contributed by atoms with Crippen LogP contribution in [0.25, 0.3) is 0 Å². The van der Waals surface area contributed by atoms with Crippen molar-refractivity contribution in [3.05, 3.63) is 28.2 Å². The van der Waals surface area contributed by atoms with Gasteiger partial charge in [0, 0.05) is 10.9 Å². The van der Waals surface area contributed by atoms with Crippen LogP contribution in [0.5, 0.6) is 5.75 Å². The summed E-state index contributed by atoms with van der Waals surface area (Å²) in [5.41, 5.74) is 0. The number of carboxylic acids is 1. The van der Waals surface area contributed by atoms with Gasteiger partial charge < -0.3 is 9.84 Å². The summed E-state index contributed by atoms with van der Waals surface area (Å²) in [5.74, 6) is -3.08. The fourth-order valence-electron chi connectivity index (χ4n) is 1.06. The Morgan fingerprint density at radius 2 is 1.94 bits per heavy atom. The maximum atomic E-state index is 13.2. The molecular formula is C10H9BrF2O3. The molecule has 1 rings (SSSR count). The topological polar surface area (TPSA) is 46.5 Å². The van der Waals surface area contributed by atoms with Gasteiger partial charge in [0.2, 0.25) is 0 Å². The Morgan fingerprint density at radius 1 is 1.38 bits per heavy atom. The lowest BCUT2D eigenvalue weighted by molar-refractivity contribution is -0.137. The zero-order valence-electron chi connectivity index (χ0n) is 8.17. The highest BCUT2D eigenvalue weighted by molar-refractivity contribution is 9.10. The first-order chi connectivity index (χ1) is 7.50. The number of ether oxygens (including phenoxy) is 1. The number of hydrogen-bond acceptors (Lipinski definition) is 2. The van der Waals surface area contributed by atoms with Crippen LogP contribution in [0.4, 0.5) is 8.78 Å². The van der Waals surface area contributed by atoms with Crippen molar-refractivity contribution in [1.82, 2.24) is 0 Å². The smallest absolute Gasteiger partial charge is 0.303 e. The first-order valence-corrected chi connectivity index (χ1v) is 5.29. The Bertz CT molecular complexity index is 373. The second kappa shape index (κ2) is 5.79. The van der Waals surface area contributed by atoms with Gasteiger partial charge in [0.25, 0.3) is 0 Å². The van der Waals surface area contributed by atoms with Gasteiger partial charge in [-0.3, -0.25) is 4.79 Å². The number of carbonyl (C=O) groups is 1. The molecule has 0 bridgehead atoms. The third-order valence-electron chi connectivity index (χ3n) is 1.74.